The van der Waals surface area contributed by atoms with Gasteiger partial charge >= 0.3 is 0 Å². The molecular weight excluding hydrogens is 238 g/mol. The van der Waals surface area contributed by atoms with Crippen molar-refractivity contribution < 1.29 is 0 Å². The molecule has 0 bridgehead atoms. The monoisotopic (exact) mass is 255 g/mol. The molecule has 3 rings (SSSR count). The van der Waals surface area contributed by atoms with Gasteiger partial charge in [0.15, 0.2) is 0 Å². The van der Waals surface area contributed by atoms with Crippen molar-refractivity contribution in [3.05, 3.63) is 41.9 Å². The standard InChI is InChI=1S/C14H17N5/c1-10-7-13(18-12-4-5-12)19-14(17-10)16-9-11-3-2-6-15-8-11/h2-3,6-8,12H,4-5,9H2,1H3,(H2,16,17,18,19). The van der Waals surface area contributed by atoms with E-state index in [0.717, 1.165) is 17.1 Å². The molecule has 0 aliphatic heterocycles. The summed E-state index contributed by atoms with van der Waals surface area (Å²) in [5.41, 5.74) is 2.08. The Morgan fingerprint density at radius 1 is 1.32 bits per heavy atom. The fourth-order valence-electron chi connectivity index (χ4n) is 1.84. The molecule has 2 aromatic rings. The highest BCUT2D eigenvalue weighted by Gasteiger charge is 2.21. The Morgan fingerprint density at radius 2 is 2.21 bits per heavy atom. The Labute approximate surface area is 112 Å². The van der Waals surface area contributed by atoms with Gasteiger partial charge in [-0.1, -0.05) is 6.07 Å². The van der Waals surface area contributed by atoms with Crippen LogP contribution in [0, 0.1) is 6.92 Å². The molecule has 5 nitrogen and oxygen atoms in total. The minimum absolute atomic E-state index is 0.598. The quantitative estimate of drug-likeness (QED) is 0.858. The molecule has 2 heterocycles. The van der Waals surface area contributed by atoms with Crippen LogP contribution in [-0.4, -0.2) is 21.0 Å². The van der Waals surface area contributed by atoms with Crippen molar-refractivity contribution in [2.75, 3.05) is 10.6 Å². The van der Waals surface area contributed by atoms with Gasteiger partial charge in [-0.25, -0.2) is 4.98 Å². The second kappa shape index (κ2) is 5.22. The normalized spacial score (nSPS) is 14.2. The van der Waals surface area contributed by atoms with E-state index in [2.05, 4.69) is 25.6 Å². The third-order valence-corrected chi connectivity index (χ3v) is 2.96. The first-order chi connectivity index (χ1) is 9.29. The number of anilines is 2. The van der Waals surface area contributed by atoms with Crippen molar-refractivity contribution in [1.82, 2.24) is 15.0 Å². The Bertz CT molecular complexity index is 551. The highest BCUT2D eigenvalue weighted by atomic mass is 15.2. The molecule has 1 saturated carbocycles. The SMILES string of the molecule is Cc1cc(NC2CC2)nc(NCc2cccnc2)n1. The van der Waals surface area contributed by atoms with E-state index in [9.17, 15) is 0 Å². The van der Waals surface area contributed by atoms with Crippen LogP contribution in [-0.2, 0) is 6.54 Å². The van der Waals surface area contributed by atoms with Crippen LogP contribution in [0.15, 0.2) is 30.6 Å². The van der Waals surface area contributed by atoms with Gasteiger partial charge in [0.1, 0.15) is 5.82 Å². The number of hydrogen-bond donors (Lipinski definition) is 2. The van der Waals surface area contributed by atoms with E-state index in [1.54, 1.807) is 6.20 Å². The largest absolute Gasteiger partial charge is 0.367 e. The molecule has 5 heteroatoms. The van der Waals surface area contributed by atoms with Gasteiger partial charge in [0.25, 0.3) is 0 Å². The second-order valence-electron chi connectivity index (χ2n) is 4.85. The first kappa shape index (κ1) is 11.9. The lowest BCUT2D eigenvalue weighted by Gasteiger charge is -2.09. The Hall–Kier alpha value is -2.17. The summed E-state index contributed by atoms with van der Waals surface area (Å²) in [6.07, 6.45) is 6.08. The lowest BCUT2D eigenvalue weighted by atomic mass is 10.3. The van der Waals surface area contributed by atoms with Gasteiger partial charge in [-0.2, -0.15) is 4.98 Å². The van der Waals surface area contributed by atoms with Gasteiger partial charge < -0.3 is 10.6 Å². The second-order valence-corrected chi connectivity index (χ2v) is 4.85. The van der Waals surface area contributed by atoms with E-state index in [-0.39, 0.29) is 0 Å². The topological polar surface area (TPSA) is 62.7 Å². The smallest absolute Gasteiger partial charge is 0.225 e. The minimum Gasteiger partial charge on any atom is -0.367 e. The molecule has 19 heavy (non-hydrogen) atoms. The zero-order chi connectivity index (χ0) is 13.1. The van der Waals surface area contributed by atoms with Crippen LogP contribution >= 0.6 is 0 Å². The van der Waals surface area contributed by atoms with Gasteiger partial charge in [-0.15, -0.1) is 0 Å². The van der Waals surface area contributed by atoms with Crippen LogP contribution in [0.25, 0.3) is 0 Å². The summed E-state index contributed by atoms with van der Waals surface area (Å²) in [6.45, 7) is 2.66. The number of rotatable bonds is 5. The highest BCUT2D eigenvalue weighted by Crippen LogP contribution is 2.24. The number of nitrogens with one attached hydrogen (secondary N) is 2. The van der Waals surface area contributed by atoms with Gasteiger partial charge in [-0.05, 0) is 31.4 Å². The van der Waals surface area contributed by atoms with Gasteiger partial charge in [-0.3, -0.25) is 4.98 Å². The summed E-state index contributed by atoms with van der Waals surface area (Å²) in [5.74, 6) is 1.57. The van der Waals surface area contributed by atoms with Crippen molar-refractivity contribution in [3.8, 4) is 0 Å². The molecule has 0 radical (unpaired) electrons. The van der Waals surface area contributed by atoms with Crippen molar-refractivity contribution in [2.24, 2.45) is 0 Å². The number of hydrogen-bond acceptors (Lipinski definition) is 5. The highest BCUT2D eigenvalue weighted by molar-refractivity contribution is 5.44. The minimum atomic E-state index is 0.598. The van der Waals surface area contributed by atoms with Crippen molar-refractivity contribution in [3.63, 3.8) is 0 Å². The van der Waals surface area contributed by atoms with Crippen molar-refractivity contribution >= 4 is 11.8 Å². The van der Waals surface area contributed by atoms with Crippen LogP contribution in [0.4, 0.5) is 11.8 Å². The molecule has 0 atom stereocenters. The molecule has 98 valence electrons. The van der Waals surface area contributed by atoms with E-state index in [1.165, 1.54) is 12.8 Å². The average Bonchev–Trinajstić information content (AvgIpc) is 3.21. The van der Waals surface area contributed by atoms with Gasteiger partial charge in [0, 0.05) is 36.7 Å². The Kier molecular flexibility index (Phi) is 3.27. The summed E-state index contributed by atoms with van der Waals surface area (Å²) in [7, 11) is 0. The van der Waals surface area contributed by atoms with Crippen LogP contribution in [0.3, 0.4) is 0 Å². The van der Waals surface area contributed by atoms with Crippen molar-refractivity contribution in [2.45, 2.75) is 32.4 Å². The maximum absolute atomic E-state index is 4.48. The van der Waals surface area contributed by atoms with E-state index in [4.69, 9.17) is 0 Å². The van der Waals surface area contributed by atoms with Crippen LogP contribution in [0.5, 0.6) is 0 Å². The van der Waals surface area contributed by atoms with E-state index < -0.39 is 0 Å². The van der Waals surface area contributed by atoms with E-state index >= 15 is 0 Å². The molecule has 0 aromatic carbocycles. The predicted molar refractivity (Wildman–Crippen MR) is 75.0 cm³/mol. The molecule has 0 unspecified atom stereocenters. The molecule has 2 aromatic heterocycles. The summed E-state index contributed by atoms with van der Waals surface area (Å²) < 4.78 is 0. The van der Waals surface area contributed by atoms with Gasteiger partial charge in [0.2, 0.25) is 5.95 Å². The lowest BCUT2D eigenvalue weighted by Crippen LogP contribution is -2.09. The maximum atomic E-state index is 4.48. The van der Waals surface area contributed by atoms with Gasteiger partial charge in [0.05, 0.1) is 0 Å². The molecule has 1 aliphatic rings. The fraction of sp³-hybridized carbons (Fsp3) is 0.357. The average molecular weight is 255 g/mol. The number of aryl methyl sites for hydroxylation is 1. The summed E-state index contributed by atoms with van der Waals surface area (Å²) in [5, 5.41) is 6.63. The molecule has 0 saturated heterocycles. The number of nitrogens with zero attached hydrogens (tertiary/aromatic N) is 3. The Balaban J connectivity index is 1.67. The summed E-state index contributed by atoms with van der Waals surface area (Å²) in [4.78, 5) is 13.0. The van der Waals surface area contributed by atoms with Crippen LogP contribution < -0.4 is 10.6 Å². The zero-order valence-electron chi connectivity index (χ0n) is 10.9. The summed E-state index contributed by atoms with van der Waals surface area (Å²) >= 11 is 0. The third-order valence-electron chi connectivity index (χ3n) is 2.96. The van der Waals surface area contributed by atoms with E-state index in [1.807, 2.05) is 31.3 Å². The molecular formula is C14H17N5. The fourth-order valence-corrected chi connectivity index (χ4v) is 1.84. The predicted octanol–water partition coefficient (Wildman–Crippen LogP) is 2.37. The third kappa shape index (κ3) is 3.40. The lowest BCUT2D eigenvalue weighted by molar-refractivity contribution is 1.01. The molecule has 2 N–H and O–H groups in total. The van der Waals surface area contributed by atoms with Crippen molar-refractivity contribution in [1.29, 1.82) is 0 Å². The van der Waals surface area contributed by atoms with E-state index in [0.29, 0.717) is 18.5 Å². The summed E-state index contributed by atoms with van der Waals surface area (Å²) in [6, 6.07) is 6.53. The van der Waals surface area contributed by atoms with Crippen LogP contribution in [0.1, 0.15) is 24.1 Å². The molecule has 1 aliphatic carbocycles. The first-order valence-electron chi connectivity index (χ1n) is 6.54. The molecule has 0 amide bonds. The van der Waals surface area contributed by atoms with Crippen LogP contribution in [0.2, 0.25) is 0 Å². The molecule has 1 fully saturated rings. The zero-order valence-corrected chi connectivity index (χ0v) is 10.9. The number of aromatic nitrogens is 3. The number of pyridine rings is 1. The first-order valence-corrected chi connectivity index (χ1v) is 6.54. The maximum Gasteiger partial charge on any atom is 0.225 e. The molecule has 0 spiro atoms. The Morgan fingerprint density at radius 3 is 2.95 bits per heavy atom.